The van der Waals surface area contributed by atoms with Crippen LogP contribution >= 0.6 is 0 Å². The van der Waals surface area contributed by atoms with Gasteiger partial charge in [0, 0.05) is 11.4 Å². The molecule has 0 amide bonds. The number of hydrogen-bond donors (Lipinski definition) is 1. The van der Waals surface area contributed by atoms with Gasteiger partial charge in [-0.15, -0.1) is 0 Å². The smallest absolute Gasteiger partial charge is 0.0390 e. The van der Waals surface area contributed by atoms with Gasteiger partial charge in [-0.25, -0.2) is 0 Å². The highest BCUT2D eigenvalue weighted by Gasteiger charge is 2.06. The van der Waals surface area contributed by atoms with Gasteiger partial charge in [0.2, 0.25) is 0 Å². The minimum Gasteiger partial charge on any atom is -0.355 e. The molecule has 6 rings (SSSR count). The lowest BCUT2D eigenvalue weighted by atomic mass is 9.98. The lowest BCUT2D eigenvalue weighted by Crippen LogP contribution is -1.91. The van der Waals surface area contributed by atoms with E-state index in [0.717, 1.165) is 11.4 Å². The van der Waals surface area contributed by atoms with Crippen molar-refractivity contribution in [2.75, 3.05) is 5.32 Å². The van der Waals surface area contributed by atoms with Crippen LogP contribution in [0.3, 0.4) is 0 Å². The Bertz CT molecular complexity index is 1590. The molecule has 0 heterocycles. The van der Waals surface area contributed by atoms with Crippen molar-refractivity contribution in [1.82, 2.24) is 0 Å². The Kier molecular flexibility index (Phi) is 4.86. The van der Waals surface area contributed by atoms with Gasteiger partial charge in [-0.3, -0.25) is 0 Å². The molecule has 0 fully saturated rings. The number of anilines is 2. The first-order valence-corrected chi connectivity index (χ1v) is 11.3. The molecule has 0 aliphatic rings. The summed E-state index contributed by atoms with van der Waals surface area (Å²) in [6, 6.07) is 47.4. The molecule has 0 saturated carbocycles. The van der Waals surface area contributed by atoms with Gasteiger partial charge in [0.15, 0.2) is 0 Å². The topological polar surface area (TPSA) is 12.0 Å². The van der Waals surface area contributed by atoms with E-state index in [1.54, 1.807) is 0 Å². The quantitative estimate of drug-likeness (QED) is 0.299. The fourth-order valence-corrected chi connectivity index (χ4v) is 4.55. The van der Waals surface area contributed by atoms with E-state index in [1.165, 1.54) is 43.8 Å². The Morgan fingerprint density at radius 2 is 0.970 bits per heavy atom. The lowest BCUT2D eigenvalue weighted by molar-refractivity contribution is 1.54. The summed E-state index contributed by atoms with van der Waals surface area (Å²) in [5, 5.41) is 8.67. The van der Waals surface area contributed by atoms with Crippen LogP contribution in [0, 0.1) is 0 Å². The first-order chi connectivity index (χ1) is 16.3. The predicted octanol–water partition coefficient (Wildman–Crippen LogP) is 9.07. The van der Waals surface area contributed by atoms with E-state index in [9.17, 15) is 0 Å². The second-order valence-electron chi connectivity index (χ2n) is 8.38. The fourth-order valence-electron chi connectivity index (χ4n) is 4.55. The average Bonchev–Trinajstić information content (AvgIpc) is 2.88. The summed E-state index contributed by atoms with van der Waals surface area (Å²) in [6.07, 6.45) is 0. The first kappa shape index (κ1) is 19.3. The normalized spacial score (nSPS) is 11.0. The van der Waals surface area contributed by atoms with Crippen molar-refractivity contribution in [2.45, 2.75) is 0 Å². The van der Waals surface area contributed by atoms with Crippen LogP contribution in [0.5, 0.6) is 0 Å². The molecule has 0 saturated heterocycles. The number of nitrogens with one attached hydrogen (secondary N) is 1. The largest absolute Gasteiger partial charge is 0.355 e. The fraction of sp³-hybridized carbons (Fsp3) is 0. The van der Waals surface area contributed by atoms with Gasteiger partial charge in [0.25, 0.3) is 0 Å². The summed E-state index contributed by atoms with van der Waals surface area (Å²) in [6.45, 7) is 0. The summed E-state index contributed by atoms with van der Waals surface area (Å²) in [4.78, 5) is 0. The van der Waals surface area contributed by atoms with Crippen LogP contribution in [-0.2, 0) is 0 Å². The third-order valence-corrected chi connectivity index (χ3v) is 6.20. The van der Waals surface area contributed by atoms with Crippen molar-refractivity contribution >= 4 is 32.9 Å². The highest BCUT2D eigenvalue weighted by atomic mass is 14.9. The molecular formula is C32H23N. The highest BCUT2D eigenvalue weighted by Crippen LogP contribution is 2.32. The molecule has 0 bridgehead atoms. The standard InChI is InChI=1S/C32H23N/c1-2-10-25-20-27(19-18-23(25)8-1)26-12-5-14-29(21-26)33-30-15-6-13-28(22-30)32-17-7-11-24-9-3-4-16-31(24)32/h1-22,33H. The molecule has 0 spiro atoms. The summed E-state index contributed by atoms with van der Waals surface area (Å²) in [5.74, 6) is 0. The molecule has 0 radical (unpaired) electrons. The van der Waals surface area contributed by atoms with Crippen LogP contribution in [0.1, 0.15) is 0 Å². The van der Waals surface area contributed by atoms with E-state index >= 15 is 0 Å². The number of hydrogen-bond acceptors (Lipinski definition) is 1. The minimum absolute atomic E-state index is 1.08. The van der Waals surface area contributed by atoms with Crippen molar-refractivity contribution < 1.29 is 0 Å². The van der Waals surface area contributed by atoms with Gasteiger partial charge in [-0.05, 0) is 74.1 Å². The van der Waals surface area contributed by atoms with Crippen molar-refractivity contribution in [3.05, 3.63) is 133 Å². The Morgan fingerprint density at radius 1 is 0.364 bits per heavy atom. The van der Waals surface area contributed by atoms with Gasteiger partial charge in [-0.2, -0.15) is 0 Å². The summed E-state index contributed by atoms with van der Waals surface area (Å²) >= 11 is 0. The number of rotatable bonds is 4. The van der Waals surface area contributed by atoms with E-state index in [2.05, 4.69) is 139 Å². The molecule has 156 valence electrons. The predicted molar refractivity (Wildman–Crippen MR) is 142 cm³/mol. The van der Waals surface area contributed by atoms with Crippen molar-refractivity contribution in [3.8, 4) is 22.3 Å². The third-order valence-electron chi connectivity index (χ3n) is 6.20. The van der Waals surface area contributed by atoms with Gasteiger partial charge < -0.3 is 5.32 Å². The zero-order chi connectivity index (χ0) is 22.0. The van der Waals surface area contributed by atoms with Crippen molar-refractivity contribution in [2.24, 2.45) is 0 Å². The van der Waals surface area contributed by atoms with Crippen LogP contribution in [0.4, 0.5) is 11.4 Å². The molecule has 1 N–H and O–H groups in total. The molecule has 0 unspecified atom stereocenters. The van der Waals surface area contributed by atoms with E-state index in [1.807, 2.05) is 0 Å². The third kappa shape index (κ3) is 3.86. The molecule has 6 aromatic rings. The summed E-state index contributed by atoms with van der Waals surface area (Å²) < 4.78 is 0. The first-order valence-electron chi connectivity index (χ1n) is 11.3. The SMILES string of the molecule is c1cc(Nc2cccc(-c3cccc4ccccc34)c2)cc(-c2ccc3ccccc3c2)c1. The maximum Gasteiger partial charge on any atom is 0.0390 e. The Morgan fingerprint density at radius 3 is 1.82 bits per heavy atom. The monoisotopic (exact) mass is 421 g/mol. The number of fused-ring (bicyclic) bond motifs is 2. The van der Waals surface area contributed by atoms with Gasteiger partial charge in [0.1, 0.15) is 0 Å². The zero-order valence-electron chi connectivity index (χ0n) is 18.2. The minimum atomic E-state index is 1.08. The Balaban J connectivity index is 1.33. The zero-order valence-corrected chi connectivity index (χ0v) is 18.2. The van der Waals surface area contributed by atoms with Crippen molar-refractivity contribution in [1.29, 1.82) is 0 Å². The maximum absolute atomic E-state index is 3.61. The lowest BCUT2D eigenvalue weighted by Gasteiger charge is -2.12. The maximum atomic E-state index is 3.61. The molecule has 1 nitrogen and oxygen atoms in total. The van der Waals surface area contributed by atoms with Crippen LogP contribution in [-0.4, -0.2) is 0 Å². The highest BCUT2D eigenvalue weighted by molar-refractivity contribution is 5.97. The molecule has 0 aliphatic heterocycles. The molecule has 0 aromatic heterocycles. The van der Waals surface area contributed by atoms with Crippen molar-refractivity contribution in [3.63, 3.8) is 0 Å². The van der Waals surface area contributed by atoms with E-state index < -0.39 is 0 Å². The van der Waals surface area contributed by atoms with Gasteiger partial charge in [-0.1, -0.05) is 103 Å². The second-order valence-corrected chi connectivity index (χ2v) is 8.38. The molecule has 1 heteroatoms. The van der Waals surface area contributed by atoms with Crippen LogP contribution in [0.2, 0.25) is 0 Å². The molecule has 6 aromatic carbocycles. The van der Waals surface area contributed by atoms with Crippen LogP contribution in [0.15, 0.2) is 133 Å². The van der Waals surface area contributed by atoms with E-state index in [0.29, 0.717) is 0 Å². The summed E-state index contributed by atoms with van der Waals surface area (Å²) in [5.41, 5.74) is 7.05. The Labute approximate surface area is 194 Å². The molecule has 33 heavy (non-hydrogen) atoms. The van der Waals surface area contributed by atoms with Gasteiger partial charge >= 0.3 is 0 Å². The van der Waals surface area contributed by atoms with E-state index in [-0.39, 0.29) is 0 Å². The number of benzene rings is 6. The summed E-state index contributed by atoms with van der Waals surface area (Å²) in [7, 11) is 0. The van der Waals surface area contributed by atoms with Crippen LogP contribution in [0.25, 0.3) is 43.8 Å². The molecule has 0 atom stereocenters. The average molecular weight is 422 g/mol. The van der Waals surface area contributed by atoms with Crippen LogP contribution < -0.4 is 5.32 Å². The van der Waals surface area contributed by atoms with E-state index in [4.69, 9.17) is 0 Å². The van der Waals surface area contributed by atoms with Gasteiger partial charge in [0.05, 0.1) is 0 Å². The molecular weight excluding hydrogens is 398 g/mol. The molecule has 0 aliphatic carbocycles. The Hall–Kier alpha value is -4.36. The second kappa shape index (κ2) is 8.29.